The van der Waals surface area contributed by atoms with E-state index in [9.17, 15) is 24.0 Å². The topological polar surface area (TPSA) is 135 Å². The predicted octanol–water partition coefficient (Wildman–Crippen LogP) is 2.16. The third-order valence-electron chi connectivity index (χ3n) is 6.73. The monoisotopic (exact) mass is 490 g/mol. The standard InChI is InChI=1S/C26H26N4O6/c31-21(28-20-13-15-5-1-2-6-16(15)14-27-20)9-4-12-36-19-8-3-7-17-23(19)26(35)30(25(17)34)18-10-11-22(32)29-24(18)33/h3,7-8,13-14,18H,1-2,4-6,9-12H2,(H,27,28,31)(H,29,32,33). The van der Waals surface area contributed by atoms with Crippen LogP contribution in [0.3, 0.4) is 0 Å². The maximum Gasteiger partial charge on any atom is 0.266 e. The Balaban J connectivity index is 1.17. The molecule has 5 rings (SSSR count). The van der Waals surface area contributed by atoms with Crippen molar-refractivity contribution in [2.75, 3.05) is 11.9 Å². The second-order valence-corrected chi connectivity index (χ2v) is 9.17. The molecule has 0 spiro atoms. The number of anilines is 1. The number of piperidine rings is 1. The van der Waals surface area contributed by atoms with Crippen LogP contribution in [0.1, 0.15) is 70.4 Å². The number of carbonyl (C=O) groups is 5. The van der Waals surface area contributed by atoms with Gasteiger partial charge in [0.15, 0.2) is 0 Å². The lowest BCUT2D eigenvalue weighted by Gasteiger charge is -2.27. The molecule has 1 aromatic heterocycles. The predicted molar refractivity (Wildman–Crippen MR) is 127 cm³/mol. The number of nitrogens with one attached hydrogen (secondary N) is 2. The number of pyridine rings is 1. The summed E-state index contributed by atoms with van der Waals surface area (Å²) in [6, 6.07) is 5.58. The van der Waals surface area contributed by atoms with Gasteiger partial charge in [-0.3, -0.25) is 34.2 Å². The summed E-state index contributed by atoms with van der Waals surface area (Å²) in [5.41, 5.74) is 2.72. The van der Waals surface area contributed by atoms with Gasteiger partial charge in [-0.1, -0.05) is 6.07 Å². The lowest BCUT2D eigenvalue weighted by atomic mass is 9.93. The van der Waals surface area contributed by atoms with Gasteiger partial charge >= 0.3 is 0 Å². The van der Waals surface area contributed by atoms with Gasteiger partial charge in [0, 0.05) is 19.0 Å². The molecule has 0 radical (unpaired) electrons. The molecule has 1 unspecified atom stereocenters. The number of amides is 5. The first-order valence-electron chi connectivity index (χ1n) is 12.2. The van der Waals surface area contributed by atoms with E-state index in [0.29, 0.717) is 12.2 Å². The number of aromatic nitrogens is 1. The summed E-state index contributed by atoms with van der Waals surface area (Å²) < 4.78 is 5.77. The van der Waals surface area contributed by atoms with Crippen molar-refractivity contribution in [2.24, 2.45) is 0 Å². The smallest absolute Gasteiger partial charge is 0.266 e. The van der Waals surface area contributed by atoms with Gasteiger partial charge in [0.2, 0.25) is 17.7 Å². The highest BCUT2D eigenvalue weighted by atomic mass is 16.5. The third kappa shape index (κ3) is 4.58. The normalized spacial score (nSPS) is 19.0. The summed E-state index contributed by atoms with van der Waals surface area (Å²) in [5.74, 6) is -1.73. The first-order valence-corrected chi connectivity index (χ1v) is 12.2. The van der Waals surface area contributed by atoms with Crippen LogP contribution < -0.4 is 15.4 Å². The first kappa shape index (κ1) is 23.7. The van der Waals surface area contributed by atoms with Gasteiger partial charge in [-0.25, -0.2) is 4.98 Å². The van der Waals surface area contributed by atoms with Crippen molar-refractivity contribution in [2.45, 2.75) is 57.4 Å². The van der Waals surface area contributed by atoms with E-state index < -0.39 is 29.7 Å². The van der Waals surface area contributed by atoms with Crippen LogP contribution in [-0.4, -0.2) is 52.1 Å². The van der Waals surface area contributed by atoms with Crippen molar-refractivity contribution >= 4 is 35.4 Å². The molecule has 3 aliphatic rings. The Hall–Kier alpha value is -4.08. The average Bonchev–Trinajstić information content (AvgIpc) is 3.12. The van der Waals surface area contributed by atoms with E-state index in [0.717, 1.165) is 24.2 Å². The number of carbonyl (C=O) groups excluding carboxylic acids is 5. The van der Waals surface area contributed by atoms with E-state index in [2.05, 4.69) is 15.6 Å². The zero-order valence-electron chi connectivity index (χ0n) is 19.7. The van der Waals surface area contributed by atoms with Gasteiger partial charge in [0.1, 0.15) is 17.6 Å². The van der Waals surface area contributed by atoms with Crippen molar-refractivity contribution in [3.63, 3.8) is 0 Å². The molecule has 2 N–H and O–H groups in total. The minimum Gasteiger partial charge on any atom is -0.493 e. The fraction of sp³-hybridized carbons (Fsp3) is 0.385. The van der Waals surface area contributed by atoms with E-state index in [1.165, 1.54) is 23.6 Å². The van der Waals surface area contributed by atoms with E-state index in [-0.39, 0.29) is 48.7 Å². The van der Waals surface area contributed by atoms with E-state index in [1.54, 1.807) is 12.1 Å². The quantitative estimate of drug-likeness (QED) is 0.449. The Morgan fingerprint density at radius 2 is 1.89 bits per heavy atom. The highest BCUT2D eigenvalue weighted by molar-refractivity contribution is 6.24. The lowest BCUT2D eigenvalue weighted by molar-refractivity contribution is -0.136. The molecular weight excluding hydrogens is 464 g/mol. The lowest BCUT2D eigenvalue weighted by Crippen LogP contribution is -2.54. The van der Waals surface area contributed by atoms with Gasteiger partial charge in [0.05, 0.1) is 17.7 Å². The number of ether oxygens (including phenoxy) is 1. The number of hydrogen-bond acceptors (Lipinski definition) is 7. The summed E-state index contributed by atoms with van der Waals surface area (Å²) in [6.07, 6.45) is 6.89. The molecule has 0 saturated carbocycles. The molecule has 2 aliphatic heterocycles. The Morgan fingerprint density at radius 1 is 1.08 bits per heavy atom. The van der Waals surface area contributed by atoms with Crippen LogP contribution in [0, 0.1) is 0 Å². The number of hydrogen-bond donors (Lipinski definition) is 2. The van der Waals surface area contributed by atoms with Crippen molar-refractivity contribution in [3.05, 3.63) is 52.7 Å². The van der Waals surface area contributed by atoms with Crippen LogP contribution in [0.2, 0.25) is 0 Å². The fourth-order valence-electron chi connectivity index (χ4n) is 4.91. The summed E-state index contributed by atoms with van der Waals surface area (Å²) >= 11 is 0. The van der Waals surface area contributed by atoms with Gasteiger partial charge in [-0.15, -0.1) is 0 Å². The maximum atomic E-state index is 13.1. The highest BCUT2D eigenvalue weighted by Crippen LogP contribution is 2.33. The van der Waals surface area contributed by atoms with Crippen LogP contribution in [0.25, 0.3) is 0 Å². The molecule has 1 aromatic carbocycles. The molecular formula is C26H26N4O6. The van der Waals surface area contributed by atoms with Crippen LogP contribution in [0.15, 0.2) is 30.5 Å². The Bertz CT molecular complexity index is 1270. The zero-order chi connectivity index (χ0) is 25.2. The van der Waals surface area contributed by atoms with E-state index in [1.807, 2.05) is 12.3 Å². The van der Waals surface area contributed by atoms with Gasteiger partial charge in [-0.05, 0) is 67.9 Å². The summed E-state index contributed by atoms with van der Waals surface area (Å²) in [4.78, 5) is 67.3. The minimum absolute atomic E-state index is 0.0518. The molecule has 1 atom stereocenters. The molecule has 0 bridgehead atoms. The maximum absolute atomic E-state index is 13.1. The van der Waals surface area contributed by atoms with Crippen molar-refractivity contribution in [3.8, 4) is 5.75 Å². The Morgan fingerprint density at radius 3 is 2.69 bits per heavy atom. The zero-order valence-corrected chi connectivity index (χ0v) is 19.7. The molecule has 3 heterocycles. The van der Waals surface area contributed by atoms with Crippen LogP contribution in [-0.2, 0) is 27.2 Å². The van der Waals surface area contributed by atoms with E-state index in [4.69, 9.17) is 4.74 Å². The van der Waals surface area contributed by atoms with Gasteiger partial charge in [0.25, 0.3) is 11.8 Å². The molecule has 1 aliphatic carbocycles. The number of nitrogens with zero attached hydrogens (tertiary/aromatic N) is 2. The Kier molecular flexibility index (Phi) is 6.49. The number of imide groups is 2. The van der Waals surface area contributed by atoms with Gasteiger partial charge < -0.3 is 10.1 Å². The van der Waals surface area contributed by atoms with Crippen LogP contribution >= 0.6 is 0 Å². The van der Waals surface area contributed by atoms with E-state index >= 15 is 0 Å². The van der Waals surface area contributed by atoms with Gasteiger partial charge in [-0.2, -0.15) is 0 Å². The number of benzene rings is 1. The van der Waals surface area contributed by atoms with Crippen LogP contribution in [0.5, 0.6) is 5.75 Å². The second-order valence-electron chi connectivity index (χ2n) is 9.17. The summed E-state index contributed by atoms with van der Waals surface area (Å²) in [5, 5.41) is 5.00. The molecule has 186 valence electrons. The number of rotatable bonds is 7. The molecule has 36 heavy (non-hydrogen) atoms. The van der Waals surface area contributed by atoms with Crippen molar-refractivity contribution < 1.29 is 28.7 Å². The molecule has 10 heteroatoms. The molecule has 5 amide bonds. The third-order valence-corrected chi connectivity index (χ3v) is 6.73. The SMILES string of the molecule is O=C1CCC(N2C(=O)c3cccc(OCCCC(=O)Nc4cc5c(cn4)CCCC5)c3C2=O)C(=O)N1. The first-order chi connectivity index (χ1) is 17.4. The minimum atomic E-state index is -1.04. The second kappa shape index (κ2) is 9.88. The largest absolute Gasteiger partial charge is 0.493 e. The number of fused-ring (bicyclic) bond motifs is 2. The average molecular weight is 491 g/mol. The summed E-state index contributed by atoms with van der Waals surface area (Å²) in [7, 11) is 0. The molecule has 2 aromatic rings. The molecule has 10 nitrogen and oxygen atoms in total. The number of aryl methyl sites for hydroxylation is 2. The fourth-order valence-corrected chi connectivity index (χ4v) is 4.91. The Labute approximate surface area is 207 Å². The van der Waals surface area contributed by atoms with Crippen molar-refractivity contribution in [1.29, 1.82) is 0 Å². The van der Waals surface area contributed by atoms with Crippen LogP contribution in [0.4, 0.5) is 5.82 Å². The molecule has 1 saturated heterocycles. The highest BCUT2D eigenvalue weighted by Gasteiger charge is 2.45. The van der Waals surface area contributed by atoms with Crippen molar-refractivity contribution in [1.82, 2.24) is 15.2 Å². The molecule has 1 fully saturated rings. The summed E-state index contributed by atoms with van der Waals surface area (Å²) in [6.45, 7) is 0.154.